The van der Waals surface area contributed by atoms with Gasteiger partial charge in [-0.3, -0.25) is 0 Å². The number of rotatable bonds is 1. The van der Waals surface area contributed by atoms with Crippen LogP contribution in [0.25, 0.3) is 0 Å². The molecule has 0 atom stereocenters. The number of fused-ring (bicyclic) bond motifs is 1. The number of nitrogens with zero attached hydrogens (tertiary/aromatic N) is 1. The van der Waals surface area contributed by atoms with Gasteiger partial charge >= 0.3 is 0 Å². The fourth-order valence-electron chi connectivity index (χ4n) is 2.11. The van der Waals surface area contributed by atoms with Crippen LogP contribution in [-0.2, 0) is 6.54 Å². The van der Waals surface area contributed by atoms with E-state index in [1.54, 1.807) is 0 Å². The molecule has 2 nitrogen and oxygen atoms in total. The number of terminal acetylenes is 1. The minimum atomic E-state index is 0.576. The molecule has 1 heterocycles. The zero-order chi connectivity index (χ0) is 12.4. The fourth-order valence-corrected chi connectivity index (χ4v) is 2.11. The Bertz CT molecular complexity index is 595. The van der Waals surface area contributed by atoms with E-state index >= 15 is 0 Å². The lowest BCUT2D eigenvalue weighted by Crippen LogP contribution is -2.31. The predicted octanol–water partition coefficient (Wildman–Crippen LogP) is 3.02. The molecule has 1 aliphatic heterocycles. The molecule has 3 rings (SSSR count). The summed E-state index contributed by atoms with van der Waals surface area (Å²) in [6, 6.07) is 16.1. The van der Waals surface area contributed by atoms with Crippen LogP contribution in [0.4, 0.5) is 5.69 Å². The van der Waals surface area contributed by atoms with E-state index in [0.717, 1.165) is 23.5 Å². The van der Waals surface area contributed by atoms with Gasteiger partial charge in [-0.25, -0.2) is 0 Å². The Hall–Kier alpha value is -2.40. The summed E-state index contributed by atoms with van der Waals surface area (Å²) in [4.78, 5) is 2.18. The number of para-hydroxylation sites is 1. The van der Waals surface area contributed by atoms with Gasteiger partial charge in [-0.1, -0.05) is 24.1 Å². The normalized spacial score (nSPS) is 13.4. The van der Waals surface area contributed by atoms with E-state index in [-0.39, 0.29) is 0 Å². The third-order valence-electron chi connectivity index (χ3n) is 3.11. The van der Waals surface area contributed by atoms with E-state index in [4.69, 9.17) is 11.2 Å². The summed E-state index contributed by atoms with van der Waals surface area (Å²) in [6.07, 6.45) is 5.35. The summed E-state index contributed by atoms with van der Waals surface area (Å²) in [5.41, 5.74) is 3.24. The third-order valence-corrected chi connectivity index (χ3v) is 3.11. The van der Waals surface area contributed by atoms with Crippen LogP contribution in [0.2, 0.25) is 0 Å². The highest BCUT2D eigenvalue weighted by Crippen LogP contribution is 2.27. The summed E-state index contributed by atoms with van der Waals surface area (Å²) in [6.45, 7) is 1.44. The molecule has 0 N–H and O–H groups in total. The Kier molecular flexibility index (Phi) is 2.66. The van der Waals surface area contributed by atoms with Crippen molar-refractivity contribution in [3.63, 3.8) is 0 Å². The number of ether oxygens (including phenoxy) is 1. The molecule has 0 saturated carbocycles. The Morgan fingerprint density at radius 1 is 1.06 bits per heavy atom. The molecular formula is C16H13NO. The van der Waals surface area contributed by atoms with E-state index in [9.17, 15) is 0 Å². The second-order valence-electron chi connectivity index (χ2n) is 4.27. The molecule has 0 radical (unpaired) electrons. The topological polar surface area (TPSA) is 12.5 Å². The van der Waals surface area contributed by atoms with Crippen LogP contribution in [-0.4, -0.2) is 6.73 Å². The Balaban J connectivity index is 1.85. The maximum atomic E-state index is 5.73. The lowest BCUT2D eigenvalue weighted by Gasteiger charge is -2.30. The number of anilines is 1. The van der Waals surface area contributed by atoms with Gasteiger partial charge in [0.1, 0.15) is 5.75 Å². The van der Waals surface area contributed by atoms with Gasteiger partial charge in [-0.2, -0.15) is 0 Å². The van der Waals surface area contributed by atoms with Crippen molar-refractivity contribution in [2.75, 3.05) is 11.6 Å². The van der Waals surface area contributed by atoms with Gasteiger partial charge in [0.05, 0.1) is 0 Å². The Morgan fingerprint density at radius 3 is 2.61 bits per heavy atom. The van der Waals surface area contributed by atoms with E-state index in [0.29, 0.717) is 6.73 Å². The molecule has 0 saturated heterocycles. The molecule has 0 bridgehead atoms. The molecule has 1 aliphatic rings. The minimum Gasteiger partial charge on any atom is -0.473 e. The van der Waals surface area contributed by atoms with Crippen molar-refractivity contribution in [2.45, 2.75) is 6.54 Å². The van der Waals surface area contributed by atoms with Crippen LogP contribution in [0.5, 0.6) is 5.75 Å². The van der Waals surface area contributed by atoms with Crippen LogP contribution < -0.4 is 9.64 Å². The first-order valence-electron chi connectivity index (χ1n) is 5.89. The quantitative estimate of drug-likeness (QED) is 0.704. The van der Waals surface area contributed by atoms with Gasteiger partial charge in [0.15, 0.2) is 6.73 Å². The maximum Gasteiger partial charge on any atom is 0.161 e. The first-order chi connectivity index (χ1) is 8.86. The molecule has 0 unspecified atom stereocenters. The van der Waals surface area contributed by atoms with Crippen LogP contribution in [0.1, 0.15) is 11.1 Å². The highest BCUT2D eigenvalue weighted by atomic mass is 16.5. The maximum absolute atomic E-state index is 5.73. The van der Waals surface area contributed by atoms with Crippen LogP contribution >= 0.6 is 0 Å². The second-order valence-corrected chi connectivity index (χ2v) is 4.27. The zero-order valence-corrected chi connectivity index (χ0v) is 9.97. The summed E-state index contributed by atoms with van der Waals surface area (Å²) >= 11 is 0. The first kappa shape index (κ1) is 10.7. The highest BCUT2D eigenvalue weighted by Gasteiger charge is 2.16. The molecule has 0 aromatic heterocycles. The van der Waals surface area contributed by atoms with Gasteiger partial charge in [0.25, 0.3) is 0 Å². The smallest absolute Gasteiger partial charge is 0.161 e. The molecule has 2 aromatic rings. The third kappa shape index (κ3) is 1.91. The van der Waals surface area contributed by atoms with E-state index in [1.165, 1.54) is 5.56 Å². The van der Waals surface area contributed by atoms with Gasteiger partial charge < -0.3 is 9.64 Å². The summed E-state index contributed by atoms with van der Waals surface area (Å²) < 4.78 is 5.73. The van der Waals surface area contributed by atoms with E-state index in [2.05, 4.69) is 16.9 Å². The van der Waals surface area contributed by atoms with Gasteiger partial charge in [-0.05, 0) is 30.3 Å². The standard InChI is InChI=1S/C16H13NO/c1-2-13-7-9-15(10-8-13)17-11-14-5-3-4-6-16(14)18-12-17/h1,3-10H,11-12H2. The summed E-state index contributed by atoms with van der Waals surface area (Å²) in [5.74, 6) is 3.60. The number of hydrogen-bond acceptors (Lipinski definition) is 2. The fraction of sp³-hybridized carbons (Fsp3) is 0.125. The molecule has 2 aromatic carbocycles. The largest absolute Gasteiger partial charge is 0.473 e. The van der Waals surface area contributed by atoms with Gasteiger partial charge in [-0.15, -0.1) is 6.42 Å². The molecule has 2 heteroatoms. The lowest BCUT2D eigenvalue weighted by atomic mass is 10.1. The monoisotopic (exact) mass is 235 g/mol. The predicted molar refractivity (Wildman–Crippen MR) is 72.5 cm³/mol. The molecule has 18 heavy (non-hydrogen) atoms. The molecule has 0 aliphatic carbocycles. The number of benzene rings is 2. The Morgan fingerprint density at radius 2 is 1.83 bits per heavy atom. The number of hydrogen-bond donors (Lipinski definition) is 0. The SMILES string of the molecule is C#Cc1ccc(N2COc3ccccc3C2)cc1. The molecule has 0 spiro atoms. The summed E-state index contributed by atoms with van der Waals surface area (Å²) in [7, 11) is 0. The molecule has 0 amide bonds. The molecular weight excluding hydrogens is 222 g/mol. The van der Waals surface area contributed by atoms with Crippen molar-refractivity contribution in [2.24, 2.45) is 0 Å². The average molecular weight is 235 g/mol. The highest BCUT2D eigenvalue weighted by molar-refractivity contribution is 5.52. The minimum absolute atomic E-state index is 0.576. The Labute approximate surface area is 107 Å². The average Bonchev–Trinajstić information content (AvgIpc) is 2.47. The first-order valence-corrected chi connectivity index (χ1v) is 5.89. The molecule has 0 fully saturated rings. The van der Waals surface area contributed by atoms with Crippen LogP contribution in [0.15, 0.2) is 48.5 Å². The van der Waals surface area contributed by atoms with Gasteiger partial charge in [0, 0.05) is 23.4 Å². The van der Waals surface area contributed by atoms with Crippen molar-refractivity contribution < 1.29 is 4.74 Å². The van der Waals surface area contributed by atoms with Crippen molar-refractivity contribution in [1.82, 2.24) is 0 Å². The lowest BCUT2D eigenvalue weighted by molar-refractivity contribution is 0.289. The van der Waals surface area contributed by atoms with Crippen molar-refractivity contribution in [3.05, 3.63) is 59.7 Å². The molecule has 88 valence electrons. The van der Waals surface area contributed by atoms with Crippen LogP contribution in [0.3, 0.4) is 0 Å². The van der Waals surface area contributed by atoms with Crippen LogP contribution in [0, 0.1) is 12.3 Å². The second kappa shape index (κ2) is 4.46. The van der Waals surface area contributed by atoms with Crippen molar-refractivity contribution >= 4 is 5.69 Å². The summed E-state index contributed by atoms with van der Waals surface area (Å²) in [5, 5.41) is 0. The van der Waals surface area contributed by atoms with E-state index < -0.39 is 0 Å². The van der Waals surface area contributed by atoms with Gasteiger partial charge in [0.2, 0.25) is 0 Å². The zero-order valence-electron chi connectivity index (χ0n) is 9.97. The van der Waals surface area contributed by atoms with Crippen molar-refractivity contribution in [3.8, 4) is 18.1 Å². The van der Waals surface area contributed by atoms with E-state index in [1.807, 2.05) is 42.5 Å². The van der Waals surface area contributed by atoms with Crippen molar-refractivity contribution in [1.29, 1.82) is 0 Å².